The number of aromatic nitrogens is 4. The maximum atomic E-state index is 12.9. The van der Waals surface area contributed by atoms with Crippen LogP contribution in [0.3, 0.4) is 0 Å². The first-order valence-electron chi connectivity index (χ1n) is 11.6. The zero-order valence-electron chi connectivity index (χ0n) is 18.6. The number of hydrogen-bond donors (Lipinski definition) is 0. The van der Waals surface area contributed by atoms with E-state index in [9.17, 15) is 9.59 Å². The molecule has 6 rings (SSSR count). The van der Waals surface area contributed by atoms with Crippen molar-refractivity contribution in [3.63, 3.8) is 0 Å². The van der Waals surface area contributed by atoms with Gasteiger partial charge in [-0.1, -0.05) is 11.8 Å². The Kier molecular flexibility index (Phi) is 5.58. The standard InChI is InChI=1S/C23H24N8O2S/c32-21-20-17-3-1-2-4-18(17)34-22(20)26-19(25-21)13-29-9-11-30(12-10-29)23(33)15-5-7-16(8-6-15)31-14-24-27-28-31/h5-8,14,20H,1-4,9-13H2. The Morgan fingerprint density at radius 1 is 1.03 bits per heavy atom. The number of allylic oxidation sites excluding steroid dienone is 1. The zero-order chi connectivity index (χ0) is 23.1. The van der Waals surface area contributed by atoms with Crippen molar-refractivity contribution in [2.45, 2.75) is 25.7 Å². The summed E-state index contributed by atoms with van der Waals surface area (Å²) in [5, 5.41) is 12.0. The molecule has 2 aromatic rings. The second kappa shape index (κ2) is 8.88. The van der Waals surface area contributed by atoms with Crippen LogP contribution in [0.25, 0.3) is 5.69 Å². The molecule has 3 aliphatic heterocycles. The highest BCUT2D eigenvalue weighted by molar-refractivity contribution is 8.17. The Morgan fingerprint density at radius 3 is 2.59 bits per heavy atom. The SMILES string of the molecule is O=C1N=C(CN2CCN(C(=O)c3ccc(-n4cnnn4)cc3)CC2)N=C2SC3=C(CCCC3)C12. The van der Waals surface area contributed by atoms with E-state index in [1.165, 1.54) is 23.2 Å². The third-order valence-electron chi connectivity index (χ3n) is 6.76. The van der Waals surface area contributed by atoms with Gasteiger partial charge in [0.05, 0.1) is 17.3 Å². The van der Waals surface area contributed by atoms with Gasteiger partial charge in [0.25, 0.3) is 11.8 Å². The molecule has 1 fully saturated rings. The van der Waals surface area contributed by atoms with Gasteiger partial charge in [-0.2, -0.15) is 4.99 Å². The Hall–Kier alpha value is -3.18. The Morgan fingerprint density at radius 2 is 1.82 bits per heavy atom. The first-order valence-corrected chi connectivity index (χ1v) is 12.4. The van der Waals surface area contributed by atoms with Crippen molar-refractivity contribution in [1.82, 2.24) is 30.0 Å². The van der Waals surface area contributed by atoms with E-state index in [0.717, 1.165) is 43.1 Å². The highest BCUT2D eigenvalue weighted by Crippen LogP contribution is 2.47. The first-order chi connectivity index (χ1) is 16.7. The van der Waals surface area contributed by atoms with Crippen LogP contribution in [0.15, 0.2) is 51.1 Å². The number of carbonyl (C=O) groups excluding carboxylic acids is 2. The summed E-state index contributed by atoms with van der Waals surface area (Å²) in [5.41, 5.74) is 2.70. The van der Waals surface area contributed by atoms with Gasteiger partial charge in [-0.3, -0.25) is 14.5 Å². The van der Waals surface area contributed by atoms with Crippen molar-refractivity contribution in [3.8, 4) is 5.69 Å². The number of fused-ring (bicyclic) bond motifs is 2. The normalized spacial score (nSPS) is 22.9. The van der Waals surface area contributed by atoms with Crippen molar-refractivity contribution in [3.05, 3.63) is 46.6 Å². The monoisotopic (exact) mass is 476 g/mol. The Balaban J connectivity index is 1.05. The number of tetrazole rings is 1. The second-order valence-electron chi connectivity index (χ2n) is 8.88. The molecule has 0 spiro atoms. The molecule has 1 atom stereocenters. The lowest BCUT2D eigenvalue weighted by atomic mass is 9.89. The van der Waals surface area contributed by atoms with Gasteiger partial charge in [-0.15, -0.1) is 5.10 Å². The number of amides is 2. The summed E-state index contributed by atoms with van der Waals surface area (Å²) in [7, 11) is 0. The predicted octanol–water partition coefficient (Wildman–Crippen LogP) is 1.95. The van der Waals surface area contributed by atoms with Gasteiger partial charge in [-0.25, -0.2) is 9.67 Å². The minimum absolute atomic E-state index is 0.00944. The summed E-state index contributed by atoms with van der Waals surface area (Å²) in [5.74, 6) is 0.334. The molecule has 1 saturated heterocycles. The molecule has 10 nitrogen and oxygen atoms in total. The number of rotatable bonds is 4. The highest BCUT2D eigenvalue weighted by atomic mass is 32.2. The summed E-state index contributed by atoms with van der Waals surface area (Å²) in [6.07, 6.45) is 5.93. The van der Waals surface area contributed by atoms with Crippen molar-refractivity contribution in [2.24, 2.45) is 15.9 Å². The smallest absolute Gasteiger partial charge is 0.261 e. The van der Waals surface area contributed by atoms with Crippen LogP contribution >= 0.6 is 11.8 Å². The van der Waals surface area contributed by atoms with Crippen molar-refractivity contribution in [1.29, 1.82) is 0 Å². The number of benzene rings is 1. The number of aliphatic imine (C=N–C) groups is 2. The van der Waals surface area contributed by atoms with Crippen LogP contribution in [0.2, 0.25) is 0 Å². The van der Waals surface area contributed by atoms with E-state index in [-0.39, 0.29) is 17.7 Å². The van der Waals surface area contributed by atoms with Crippen molar-refractivity contribution in [2.75, 3.05) is 32.7 Å². The number of nitrogens with zero attached hydrogens (tertiary/aromatic N) is 8. The number of amidine groups is 1. The fourth-order valence-corrected chi connectivity index (χ4v) is 6.30. The quantitative estimate of drug-likeness (QED) is 0.663. The van der Waals surface area contributed by atoms with Gasteiger partial charge in [0.2, 0.25) is 0 Å². The third kappa shape index (κ3) is 3.98. The van der Waals surface area contributed by atoms with Crippen LogP contribution in [0, 0.1) is 5.92 Å². The van der Waals surface area contributed by atoms with E-state index >= 15 is 0 Å². The topological polar surface area (TPSA) is 109 Å². The number of carbonyl (C=O) groups is 2. The zero-order valence-corrected chi connectivity index (χ0v) is 19.4. The number of hydrogen-bond acceptors (Lipinski definition) is 8. The lowest BCUT2D eigenvalue weighted by Crippen LogP contribution is -2.50. The molecule has 1 aromatic heterocycles. The minimum Gasteiger partial charge on any atom is -0.336 e. The molecule has 0 radical (unpaired) electrons. The molecule has 174 valence electrons. The number of piperazine rings is 1. The van der Waals surface area contributed by atoms with E-state index in [1.807, 2.05) is 17.0 Å². The molecule has 4 heterocycles. The molecule has 0 saturated carbocycles. The van der Waals surface area contributed by atoms with Gasteiger partial charge >= 0.3 is 0 Å². The highest BCUT2D eigenvalue weighted by Gasteiger charge is 2.40. The molecule has 34 heavy (non-hydrogen) atoms. The summed E-state index contributed by atoms with van der Waals surface area (Å²) in [6.45, 7) is 3.22. The largest absolute Gasteiger partial charge is 0.336 e. The molecule has 2 amide bonds. The third-order valence-corrected chi connectivity index (χ3v) is 8.01. The van der Waals surface area contributed by atoms with Gasteiger partial charge in [0.15, 0.2) is 0 Å². The van der Waals surface area contributed by atoms with E-state index in [2.05, 4.69) is 25.4 Å². The number of thioether (sulfide) groups is 1. The molecule has 11 heteroatoms. The first kappa shape index (κ1) is 21.4. The maximum Gasteiger partial charge on any atom is 0.261 e. The molecule has 1 aliphatic carbocycles. The Labute approximate surface area is 200 Å². The van der Waals surface area contributed by atoms with Gasteiger partial charge in [0.1, 0.15) is 18.1 Å². The molecular weight excluding hydrogens is 452 g/mol. The molecular formula is C23H24N8O2S. The van der Waals surface area contributed by atoms with Crippen molar-refractivity contribution < 1.29 is 9.59 Å². The summed E-state index contributed by atoms with van der Waals surface area (Å²) in [6, 6.07) is 7.26. The van der Waals surface area contributed by atoms with Gasteiger partial charge < -0.3 is 4.90 Å². The van der Waals surface area contributed by atoms with Crippen molar-refractivity contribution >= 4 is 34.5 Å². The summed E-state index contributed by atoms with van der Waals surface area (Å²) >= 11 is 1.69. The van der Waals surface area contributed by atoms with Crippen LogP contribution in [-0.4, -0.2) is 85.4 Å². The van der Waals surface area contributed by atoms with Gasteiger partial charge in [-0.05, 0) is 70.9 Å². The maximum absolute atomic E-state index is 12.9. The molecule has 0 bridgehead atoms. The average molecular weight is 477 g/mol. The summed E-state index contributed by atoms with van der Waals surface area (Å²) < 4.78 is 1.55. The molecule has 1 aromatic carbocycles. The minimum atomic E-state index is -0.217. The second-order valence-corrected chi connectivity index (χ2v) is 9.99. The molecule has 0 N–H and O–H groups in total. The van der Waals surface area contributed by atoms with Crippen LogP contribution in [-0.2, 0) is 4.79 Å². The van der Waals surface area contributed by atoms with E-state index in [0.29, 0.717) is 31.0 Å². The molecule has 4 aliphatic rings. The fraction of sp³-hybridized carbons (Fsp3) is 0.435. The average Bonchev–Trinajstić information content (AvgIpc) is 3.52. The van der Waals surface area contributed by atoms with E-state index < -0.39 is 0 Å². The van der Waals surface area contributed by atoms with Gasteiger partial charge in [0, 0.05) is 31.7 Å². The van der Waals surface area contributed by atoms with Crippen LogP contribution in [0.5, 0.6) is 0 Å². The Bertz CT molecular complexity index is 1210. The molecule has 1 unspecified atom stereocenters. The van der Waals surface area contributed by atoms with Crippen LogP contribution in [0.1, 0.15) is 36.0 Å². The summed E-state index contributed by atoms with van der Waals surface area (Å²) in [4.78, 5) is 40.3. The lowest BCUT2D eigenvalue weighted by Gasteiger charge is -2.34. The predicted molar refractivity (Wildman–Crippen MR) is 128 cm³/mol. The lowest BCUT2D eigenvalue weighted by molar-refractivity contribution is -0.118. The van der Waals surface area contributed by atoms with Crippen LogP contribution < -0.4 is 0 Å². The van der Waals surface area contributed by atoms with E-state index in [4.69, 9.17) is 4.99 Å². The van der Waals surface area contributed by atoms with Crippen LogP contribution in [0.4, 0.5) is 0 Å². The van der Waals surface area contributed by atoms with E-state index in [1.54, 1.807) is 28.6 Å². The fourth-order valence-electron chi connectivity index (χ4n) is 4.94.